The lowest BCUT2D eigenvalue weighted by molar-refractivity contribution is 0.117. The summed E-state index contributed by atoms with van der Waals surface area (Å²) < 4.78 is 5.20. The summed E-state index contributed by atoms with van der Waals surface area (Å²) in [7, 11) is 1.82. The van der Waals surface area contributed by atoms with Crippen LogP contribution in [-0.2, 0) is 4.74 Å². The lowest BCUT2D eigenvalue weighted by Crippen LogP contribution is -2.18. The summed E-state index contributed by atoms with van der Waals surface area (Å²) in [5.74, 6) is 1.90. The Kier molecular flexibility index (Phi) is 5.45. The molecule has 0 radical (unpaired) electrons. The van der Waals surface area contributed by atoms with E-state index in [0.717, 1.165) is 18.4 Å². The summed E-state index contributed by atoms with van der Waals surface area (Å²) in [4.78, 5) is 0. The molecule has 1 saturated carbocycles. The van der Waals surface area contributed by atoms with Crippen LogP contribution in [0.5, 0.6) is 0 Å². The van der Waals surface area contributed by atoms with Crippen molar-refractivity contribution in [2.75, 3.05) is 13.7 Å². The molecule has 0 amide bonds. The van der Waals surface area contributed by atoms with Crippen molar-refractivity contribution in [3.05, 3.63) is 0 Å². The molecule has 0 aromatic carbocycles. The second-order valence-electron chi connectivity index (χ2n) is 4.48. The molecule has 1 rings (SSSR count). The fraction of sp³-hybridized carbons (Fsp3) is 1.00. The summed E-state index contributed by atoms with van der Waals surface area (Å²) >= 11 is 0. The predicted molar refractivity (Wildman–Crippen MR) is 56.8 cm³/mol. The minimum atomic E-state index is 0.864. The van der Waals surface area contributed by atoms with Crippen LogP contribution in [-0.4, -0.2) is 13.7 Å². The standard InChI is InChI=1S/C12H24O/c1-3-4-5-11-6-8-12(9-7-11)10-13-2/h11-12H,3-10H2,1-2H3. The second kappa shape index (κ2) is 6.42. The highest BCUT2D eigenvalue weighted by molar-refractivity contribution is 4.72. The van der Waals surface area contributed by atoms with Crippen molar-refractivity contribution in [2.24, 2.45) is 11.8 Å². The topological polar surface area (TPSA) is 9.23 Å². The van der Waals surface area contributed by atoms with Gasteiger partial charge in [-0.2, -0.15) is 0 Å². The van der Waals surface area contributed by atoms with Gasteiger partial charge in [-0.15, -0.1) is 0 Å². The van der Waals surface area contributed by atoms with E-state index < -0.39 is 0 Å². The molecule has 0 aromatic rings. The molecule has 0 atom stereocenters. The minimum absolute atomic E-state index is 0.864. The lowest BCUT2D eigenvalue weighted by atomic mass is 9.80. The first-order chi connectivity index (χ1) is 6.36. The molecule has 13 heavy (non-hydrogen) atoms. The Hall–Kier alpha value is -0.0400. The average molecular weight is 184 g/mol. The van der Waals surface area contributed by atoms with Crippen LogP contribution >= 0.6 is 0 Å². The van der Waals surface area contributed by atoms with Crippen LogP contribution < -0.4 is 0 Å². The van der Waals surface area contributed by atoms with E-state index in [9.17, 15) is 0 Å². The Morgan fingerprint density at radius 1 is 1.08 bits per heavy atom. The molecule has 1 nitrogen and oxygen atoms in total. The zero-order valence-electron chi connectivity index (χ0n) is 9.22. The third-order valence-corrected chi connectivity index (χ3v) is 3.33. The van der Waals surface area contributed by atoms with E-state index in [2.05, 4.69) is 6.92 Å². The third kappa shape index (κ3) is 4.12. The Bertz CT molecular complexity index is 114. The van der Waals surface area contributed by atoms with Gasteiger partial charge < -0.3 is 4.74 Å². The summed E-state index contributed by atoms with van der Waals surface area (Å²) in [5, 5.41) is 0. The van der Waals surface area contributed by atoms with E-state index in [1.165, 1.54) is 44.9 Å². The third-order valence-electron chi connectivity index (χ3n) is 3.33. The first kappa shape index (κ1) is 11.0. The van der Waals surface area contributed by atoms with Gasteiger partial charge in [0.15, 0.2) is 0 Å². The highest BCUT2D eigenvalue weighted by Gasteiger charge is 2.20. The van der Waals surface area contributed by atoms with E-state index in [0.29, 0.717) is 0 Å². The van der Waals surface area contributed by atoms with Gasteiger partial charge in [-0.25, -0.2) is 0 Å². The van der Waals surface area contributed by atoms with Gasteiger partial charge in [-0.05, 0) is 24.7 Å². The molecule has 1 aliphatic rings. The normalized spacial score (nSPS) is 29.1. The number of unbranched alkanes of at least 4 members (excludes halogenated alkanes) is 1. The molecular weight excluding hydrogens is 160 g/mol. The Morgan fingerprint density at radius 2 is 1.69 bits per heavy atom. The monoisotopic (exact) mass is 184 g/mol. The van der Waals surface area contributed by atoms with Gasteiger partial charge in [0, 0.05) is 13.7 Å². The van der Waals surface area contributed by atoms with E-state index in [1.807, 2.05) is 7.11 Å². The SMILES string of the molecule is CCCCC1CCC(COC)CC1. The predicted octanol–water partition coefficient (Wildman–Crippen LogP) is 3.63. The van der Waals surface area contributed by atoms with Crippen LogP contribution in [0.15, 0.2) is 0 Å². The molecule has 1 heteroatoms. The Labute approximate surface area is 82.9 Å². The van der Waals surface area contributed by atoms with Crippen molar-refractivity contribution >= 4 is 0 Å². The minimum Gasteiger partial charge on any atom is -0.384 e. The van der Waals surface area contributed by atoms with Crippen molar-refractivity contribution in [3.8, 4) is 0 Å². The van der Waals surface area contributed by atoms with Crippen LogP contribution in [0.3, 0.4) is 0 Å². The van der Waals surface area contributed by atoms with E-state index in [4.69, 9.17) is 4.74 Å². The van der Waals surface area contributed by atoms with Crippen molar-refractivity contribution in [1.82, 2.24) is 0 Å². The molecule has 1 aliphatic carbocycles. The molecule has 0 heterocycles. The number of hydrogen-bond acceptors (Lipinski definition) is 1. The van der Waals surface area contributed by atoms with Gasteiger partial charge in [0.25, 0.3) is 0 Å². The summed E-state index contributed by atoms with van der Waals surface area (Å²) in [6, 6.07) is 0. The van der Waals surface area contributed by atoms with E-state index in [-0.39, 0.29) is 0 Å². The first-order valence-corrected chi connectivity index (χ1v) is 5.85. The van der Waals surface area contributed by atoms with E-state index in [1.54, 1.807) is 0 Å². The zero-order valence-corrected chi connectivity index (χ0v) is 9.22. The van der Waals surface area contributed by atoms with Crippen LogP contribution in [0.25, 0.3) is 0 Å². The lowest BCUT2D eigenvalue weighted by Gasteiger charge is -2.27. The first-order valence-electron chi connectivity index (χ1n) is 5.85. The molecule has 0 spiro atoms. The average Bonchev–Trinajstić information content (AvgIpc) is 2.17. The molecular formula is C12H24O. The Balaban J connectivity index is 2.08. The molecule has 0 unspecified atom stereocenters. The van der Waals surface area contributed by atoms with Gasteiger partial charge in [-0.3, -0.25) is 0 Å². The van der Waals surface area contributed by atoms with Gasteiger partial charge in [0.2, 0.25) is 0 Å². The zero-order chi connectivity index (χ0) is 9.52. The van der Waals surface area contributed by atoms with Crippen molar-refractivity contribution in [1.29, 1.82) is 0 Å². The van der Waals surface area contributed by atoms with Crippen molar-refractivity contribution in [3.63, 3.8) is 0 Å². The van der Waals surface area contributed by atoms with E-state index >= 15 is 0 Å². The highest BCUT2D eigenvalue weighted by Crippen LogP contribution is 2.31. The largest absolute Gasteiger partial charge is 0.384 e. The van der Waals surface area contributed by atoms with Crippen LogP contribution in [0, 0.1) is 11.8 Å². The summed E-state index contributed by atoms with van der Waals surface area (Å²) in [6.45, 7) is 3.27. The van der Waals surface area contributed by atoms with Gasteiger partial charge in [0.1, 0.15) is 0 Å². The number of rotatable bonds is 5. The fourth-order valence-electron chi connectivity index (χ4n) is 2.42. The van der Waals surface area contributed by atoms with Gasteiger partial charge in [-0.1, -0.05) is 39.0 Å². The summed E-state index contributed by atoms with van der Waals surface area (Å²) in [6.07, 6.45) is 9.97. The maximum absolute atomic E-state index is 5.20. The van der Waals surface area contributed by atoms with Crippen LogP contribution in [0.2, 0.25) is 0 Å². The van der Waals surface area contributed by atoms with Crippen LogP contribution in [0.1, 0.15) is 51.9 Å². The van der Waals surface area contributed by atoms with Crippen molar-refractivity contribution in [2.45, 2.75) is 51.9 Å². The molecule has 0 saturated heterocycles. The molecule has 1 fully saturated rings. The smallest absolute Gasteiger partial charge is 0.0490 e. The van der Waals surface area contributed by atoms with Crippen molar-refractivity contribution < 1.29 is 4.74 Å². The molecule has 0 bridgehead atoms. The maximum Gasteiger partial charge on any atom is 0.0490 e. The van der Waals surface area contributed by atoms with Gasteiger partial charge >= 0.3 is 0 Å². The highest BCUT2D eigenvalue weighted by atomic mass is 16.5. The number of ether oxygens (including phenoxy) is 1. The quantitative estimate of drug-likeness (QED) is 0.634. The molecule has 0 aliphatic heterocycles. The fourth-order valence-corrected chi connectivity index (χ4v) is 2.42. The van der Waals surface area contributed by atoms with Crippen LogP contribution in [0.4, 0.5) is 0 Å². The second-order valence-corrected chi connectivity index (χ2v) is 4.48. The molecule has 0 N–H and O–H groups in total. The number of hydrogen-bond donors (Lipinski definition) is 0. The number of methoxy groups -OCH3 is 1. The Morgan fingerprint density at radius 3 is 2.23 bits per heavy atom. The van der Waals surface area contributed by atoms with Gasteiger partial charge in [0.05, 0.1) is 0 Å². The molecule has 78 valence electrons. The summed E-state index contributed by atoms with van der Waals surface area (Å²) in [5.41, 5.74) is 0. The molecule has 0 aromatic heterocycles. The maximum atomic E-state index is 5.20.